The largest absolute Gasteiger partial charge is 0.425 e. The van der Waals surface area contributed by atoms with Crippen molar-refractivity contribution in [1.29, 1.82) is 0 Å². The molecule has 2 heterocycles. The lowest BCUT2D eigenvalue weighted by Crippen LogP contribution is -2.27. The summed E-state index contributed by atoms with van der Waals surface area (Å²) >= 11 is 0. The van der Waals surface area contributed by atoms with E-state index in [-0.39, 0.29) is 18.3 Å². The minimum atomic E-state index is -0.433. The SMILES string of the molecule is Cc1cc(C)c2c3c(c(=O)oc2c1C)[C@H](c1ccccc1)CC(=O)O3. The van der Waals surface area contributed by atoms with Crippen LogP contribution < -0.4 is 10.4 Å². The number of benzene rings is 2. The van der Waals surface area contributed by atoms with Crippen molar-refractivity contribution in [2.45, 2.75) is 33.1 Å². The Hall–Kier alpha value is -2.88. The van der Waals surface area contributed by atoms with E-state index in [1.165, 1.54) is 0 Å². The lowest BCUT2D eigenvalue weighted by atomic mass is 9.86. The monoisotopic (exact) mass is 334 g/mol. The molecule has 0 fully saturated rings. The molecule has 1 aliphatic rings. The number of ether oxygens (including phenoxy) is 1. The van der Waals surface area contributed by atoms with E-state index in [0.717, 1.165) is 22.3 Å². The molecule has 0 N–H and O–H groups in total. The molecule has 25 heavy (non-hydrogen) atoms. The summed E-state index contributed by atoms with van der Waals surface area (Å²) in [5, 5.41) is 0.715. The maximum atomic E-state index is 12.8. The van der Waals surface area contributed by atoms with Crippen LogP contribution in [0.15, 0.2) is 45.6 Å². The van der Waals surface area contributed by atoms with Crippen LogP contribution in [0.4, 0.5) is 0 Å². The third kappa shape index (κ3) is 2.37. The highest BCUT2D eigenvalue weighted by Gasteiger charge is 2.34. The van der Waals surface area contributed by atoms with E-state index in [2.05, 4.69) is 0 Å². The molecule has 0 unspecified atom stereocenters. The van der Waals surface area contributed by atoms with Gasteiger partial charge in [-0.3, -0.25) is 4.79 Å². The average Bonchev–Trinajstić information content (AvgIpc) is 2.59. The van der Waals surface area contributed by atoms with E-state index in [1.807, 2.05) is 57.2 Å². The Labute approximate surface area is 145 Å². The summed E-state index contributed by atoms with van der Waals surface area (Å²) in [6, 6.07) is 11.6. The van der Waals surface area contributed by atoms with Crippen LogP contribution in [-0.2, 0) is 4.79 Å². The fourth-order valence-electron chi connectivity index (χ4n) is 3.64. The summed E-state index contributed by atoms with van der Waals surface area (Å²) < 4.78 is 11.2. The molecule has 1 aliphatic heterocycles. The molecule has 126 valence electrons. The van der Waals surface area contributed by atoms with Gasteiger partial charge in [0.15, 0.2) is 5.75 Å². The lowest BCUT2D eigenvalue weighted by Gasteiger charge is -2.25. The van der Waals surface area contributed by atoms with Gasteiger partial charge in [0, 0.05) is 5.92 Å². The average molecular weight is 334 g/mol. The predicted octanol–water partition coefficient (Wildman–Crippen LogP) is 4.16. The lowest BCUT2D eigenvalue weighted by molar-refractivity contribution is -0.135. The van der Waals surface area contributed by atoms with Gasteiger partial charge in [-0.25, -0.2) is 4.79 Å². The first kappa shape index (κ1) is 15.6. The van der Waals surface area contributed by atoms with E-state index >= 15 is 0 Å². The van der Waals surface area contributed by atoms with E-state index in [1.54, 1.807) is 0 Å². The topological polar surface area (TPSA) is 56.5 Å². The second-order valence-electron chi connectivity index (χ2n) is 6.61. The smallest absolute Gasteiger partial charge is 0.343 e. The molecule has 4 nitrogen and oxygen atoms in total. The van der Waals surface area contributed by atoms with Crippen molar-refractivity contribution in [3.63, 3.8) is 0 Å². The van der Waals surface area contributed by atoms with Crippen molar-refractivity contribution in [3.8, 4) is 5.75 Å². The normalized spacial score (nSPS) is 16.6. The molecule has 4 rings (SSSR count). The Morgan fingerprint density at radius 2 is 1.72 bits per heavy atom. The highest BCUT2D eigenvalue weighted by molar-refractivity contribution is 5.94. The third-order valence-corrected chi connectivity index (χ3v) is 5.01. The Morgan fingerprint density at radius 1 is 1.00 bits per heavy atom. The molecule has 0 spiro atoms. The second kappa shape index (κ2) is 5.59. The fraction of sp³-hybridized carbons (Fsp3) is 0.238. The van der Waals surface area contributed by atoms with E-state index in [4.69, 9.17) is 9.15 Å². The Morgan fingerprint density at radius 3 is 2.44 bits per heavy atom. The first-order valence-corrected chi connectivity index (χ1v) is 8.30. The molecule has 0 aliphatic carbocycles. The highest BCUT2D eigenvalue weighted by Crippen LogP contribution is 2.42. The maximum Gasteiger partial charge on any atom is 0.343 e. The van der Waals surface area contributed by atoms with Gasteiger partial charge < -0.3 is 9.15 Å². The summed E-state index contributed by atoms with van der Waals surface area (Å²) in [5.41, 5.74) is 4.27. The van der Waals surface area contributed by atoms with Crippen molar-refractivity contribution >= 4 is 16.9 Å². The summed E-state index contributed by atoms with van der Waals surface area (Å²) in [5.74, 6) is -0.318. The number of esters is 1. The molecule has 0 saturated carbocycles. The van der Waals surface area contributed by atoms with Gasteiger partial charge in [-0.2, -0.15) is 0 Å². The van der Waals surface area contributed by atoms with Gasteiger partial charge in [0.25, 0.3) is 0 Å². The molecule has 1 atom stereocenters. The van der Waals surface area contributed by atoms with Gasteiger partial charge in [-0.15, -0.1) is 0 Å². The molecule has 0 saturated heterocycles. The molecule has 3 aromatic rings. The zero-order chi connectivity index (χ0) is 17.7. The number of hydrogen-bond acceptors (Lipinski definition) is 4. The fourth-order valence-corrected chi connectivity index (χ4v) is 3.64. The zero-order valence-electron chi connectivity index (χ0n) is 14.4. The minimum absolute atomic E-state index is 0.136. The van der Waals surface area contributed by atoms with Crippen molar-refractivity contribution in [3.05, 3.63) is 74.6 Å². The number of rotatable bonds is 1. The first-order valence-electron chi connectivity index (χ1n) is 8.30. The summed E-state index contributed by atoms with van der Waals surface area (Å²) in [6.45, 7) is 5.82. The number of aryl methyl sites for hydroxylation is 3. The Balaban J connectivity index is 2.10. The van der Waals surface area contributed by atoms with Gasteiger partial charge in [-0.1, -0.05) is 36.4 Å². The number of carbonyl (C=O) groups is 1. The Kier molecular flexibility index (Phi) is 3.49. The van der Waals surface area contributed by atoms with Crippen LogP contribution in [0.5, 0.6) is 5.75 Å². The molecule has 2 aromatic carbocycles. The van der Waals surface area contributed by atoms with Crippen LogP contribution >= 0.6 is 0 Å². The number of hydrogen-bond donors (Lipinski definition) is 0. The van der Waals surface area contributed by atoms with Crippen LogP contribution in [0.2, 0.25) is 0 Å². The predicted molar refractivity (Wildman–Crippen MR) is 95.2 cm³/mol. The molecular formula is C21H18O4. The molecular weight excluding hydrogens is 316 g/mol. The van der Waals surface area contributed by atoms with Gasteiger partial charge in [0.2, 0.25) is 0 Å². The molecule has 4 heteroatoms. The van der Waals surface area contributed by atoms with Crippen LogP contribution in [0.3, 0.4) is 0 Å². The number of carbonyl (C=O) groups excluding carboxylic acids is 1. The van der Waals surface area contributed by atoms with Crippen molar-refractivity contribution in [2.24, 2.45) is 0 Å². The number of fused-ring (bicyclic) bond motifs is 3. The second-order valence-corrected chi connectivity index (χ2v) is 6.61. The molecule has 0 bridgehead atoms. The van der Waals surface area contributed by atoms with E-state index in [0.29, 0.717) is 22.3 Å². The molecule has 1 aromatic heterocycles. The zero-order valence-corrected chi connectivity index (χ0v) is 14.4. The first-order chi connectivity index (χ1) is 12.0. The van der Waals surface area contributed by atoms with Crippen molar-refractivity contribution in [2.75, 3.05) is 0 Å². The summed E-state index contributed by atoms with van der Waals surface area (Å²) in [4.78, 5) is 25.1. The van der Waals surface area contributed by atoms with Gasteiger partial charge in [0.1, 0.15) is 5.58 Å². The summed E-state index contributed by atoms with van der Waals surface area (Å²) in [6.07, 6.45) is 0.136. The van der Waals surface area contributed by atoms with Crippen LogP contribution in [0, 0.1) is 20.8 Å². The van der Waals surface area contributed by atoms with Crippen LogP contribution in [0.25, 0.3) is 11.0 Å². The maximum absolute atomic E-state index is 12.8. The van der Waals surface area contributed by atoms with Crippen LogP contribution in [-0.4, -0.2) is 5.97 Å². The minimum Gasteiger partial charge on any atom is -0.425 e. The van der Waals surface area contributed by atoms with Gasteiger partial charge >= 0.3 is 11.6 Å². The summed E-state index contributed by atoms with van der Waals surface area (Å²) in [7, 11) is 0. The molecule has 0 amide bonds. The highest BCUT2D eigenvalue weighted by atomic mass is 16.5. The van der Waals surface area contributed by atoms with Gasteiger partial charge in [-0.05, 0) is 43.0 Å². The van der Waals surface area contributed by atoms with Gasteiger partial charge in [0.05, 0.1) is 17.4 Å². The third-order valence-electron chi connectivity index (χ3n) is 5.01. The Bertz CT molecular complexity index is 1060. The van der Waals surface area contributed by atoms with Crippen LogP contribution in [0.1, 0.15) is 40.2 Å². The van der Waals surface area contributed by atoms with E-state index in [9.17, 15) is 9.59 Å². The van der Waals surface area contributed by atoms with Crippen molar-refractivity contribution < 1.29 is 13.9 Å². The quantitative estimate of drug-likeness (QED) is 0.495. The standard InChI is InChI=1S/C21H18O4/c1-11-9-12(2)17-19(13(11)3)25-21(23)18-15(10-16(22)24-20(17)18)14-7-5-4-6-8-14/h4-9,15H,10H2,1-3H3/t15-/m0/s1. The molecule has 0 radical (unpaired) electrons. The van der Waals surface area contributed by atoms with E-state index < -0.39 is 5.63 Å². The van der Waals surface area contributed by atoms with Crippen molar-refractivity contribution in [1.82, 2.24) is 0 Å².